The lowest BCUT2D eigenvalue weighted by molar-refractivity contribution is 0.442. The molecule has 142 valence electrons. The second kappa shape index (κ2) is 7.58. The largest absolute Gasteiger partial charge is 0.334 e. The average molecular weight is 419 g/mol. The number of hydrogen-bond acceptors (Lipinski definition) is 5. The molecule has 0 fully saturated rings. The molecule has 5 nitrogen and oxygen atoms in total. The van der Waals surface area contributed by atoms with Crippen molar-refractivity contribution in [3.63, 3.8) is 0 Å². The van der Waals surface area contributed by atoms with Crippen LogP contribution in [-0.4, -0.2) is 9.83 Å². The lowest BCUT2D eigenvalue weighted by Crippen LogP contribution is -2.21. The smallest absolute Gasteiger partial charge is 0.270 e. The van der Waals surface area contributed by atoms with Gasteiger partial charge < -0.3 is 4.52 Å². The summed E-state index contributed by atoms with van der Waals surface area (Å²) in [6, 6.07) is 27.3. The number of nitrogens with zero attached hydrogens (tertiary/aromatic N) is 3. The number of nitrogens with one attached hydrogen (secondary N) is 1. The zero-order valence-electron chi connectivity index (χ0n) is 15.1. The van der Waals surface area contributed by atoms with Gasteiger partial charge in [0.2, 0.25) is 4.80 Å². The van der Waals surface area contributed by atoms with Crippen molar-refractivity contribution in [3.8, 4) is 11.3 Å². The lowest BCUT2D eigenvalue weighted by Gasteiger charge is -2.06. The van der Waals surface area contributed by atoms with E-state index in [2.05, 4.69) is 10.6 Å². The molecule has 0 aliphatic heterocycles. The summed E-state index contributed by atoms with van der Waals surface area (Å²) in [6.07, 6.45) is 0. The first-order valence-corrected chi connectivity index (χ1v) is 10.2. The van der Waals surface area contributed by atoms with Gasteiger partial charge in [0.05, 0.1) is 16.4 Å². The Balaban J connectivity index is 1.73. The average Bonchev–Trinajstić information content (AvgIpc) is 3.30. The number of aromatic nitrogens is 2. The molecule has 7 heteroatoms. The maximum atomic E-state index is 6.40. The van der Waals surface area contributed by atoms with Crippen molar-refractivity contribution >= 4 is 44.7 Å². The normalized spacial score (nSPS) is 11.8. The van der Waals surface area contributed by atoms with Crippen LogP contribution in [0.5, 0.6) is 0 Å². The number of anilines is 1. The number of hydrogen-bond donors (Lipinski definition) is 1. The van der Waals surface area contributed by atoms with Crippen LogP contribution in [-0.2, 0) is 0 Å². The summed E-state index contributed by atoms with van der Waals surface area (Å²) < 4.78 is 8.41. The highest BCUT2D eigenvalue weighted by Gasteiger charge is 2.19. The summed E-state index contributed by atoms with van der Waals surface area (Å²) in [5.41, 5.74) is 7.25. The van der Waals surface area contributed by atoms with E-state index >= 15 is 0 Å². The topological polar surface area (TPSA) is 55.4 Å². The van der Waals surface area contributed by atoms with Crippen molar-refractivity contribution in [3.05, 3.63) is 94.8 Å². The van der Waals surface area contributed by atoms with Gasteiger partial charge >= 0.3 is 0 Å². The van der Waals surface area contributed by atoms with Gasteiger partial charge in [-0.25, -0.2) is 4.99 Å². The Bertz CT molecular complexity index is 1340. The third-order valence-corrected chi connectivity index (χ3v) is 5.70. The minimum atomic E-state index is 0.587. The highest BCUT2D eigenvalue weighted by Crippen LogP contribution is 2.34. The Hall–Kier alpha value is -3.35. The first-order chi connectivity index (χ1) is 14.3. The van der Waals surface area contributed by atoms with E-state index in [1.54, 1.807) is 0 Å². The summed E-state index contributed by atoms with van der Waals surface area (Å²) in [6.45, 7) is 0. The van der Waals surface area contributed by atoms with Gasteiger partial charge in [-0.15, -0.1) is 0 Å². The molecule has 0 aliphatic rings. The molecule has 0 radical (unpaired) electrons. The van der Waals surface area contributed by atoms with Crippen LogP contribution >= 0.6 is 22.9 Å². The predicted octanol–water partition coefficient (Wildman–Crippen LogP) is 6.12. The molecule has 29 heavy (non-hydrogen) atoms. The van der Waals surface area contributed by atoms with E-state index in [1.807, 2.05) is 89.6 Å². The minimum Gasteiger partial charge on any atom is -0.334 e. The van der Waals surface area contributed by atoms with E-state index in [1.165, 1.54) is 11.3 Å². The fourth-order valence-corrected chi connectivity index (χ4v) is 4.22. The van der Waals surface area contributed by atoms with Crippen molar-refractivity contribution in [1.29, 1.82) is 0 Å². The number of rotatable bonds is 4. The van der Waals surface area contributed by atoms with Gasteiger partial charge in [0, 0.05) is 5.56 Å². The Morgan fingerprint density at radius 1 is 0.897 bits per heavy atom. The van der Waals surface area contributed by atoms with Crippen LogP contribution in [0.2, 0.25) is 5.02 Å². The molecule has 0 atom stereocenters. The Morgan fingerprint density at radius 2 is 1.59 bits per heavy atom. The van der Waals surface area contributed by atoms with Crippen LogP contribution in [0, 0.1) is 0 Å². The molecule has 0 unspecified atom stereocenters. The molecular weight excluding hydrogens is 404 g/mol. The molecule has 0 aliphatic carbocycles. The maximum absolute atomic E-state index is 6.40. The summed E-state index contributed by atoms with van der Waals surface area (Å²) in [5.74, 6) is 0. The molecular formula is C22H15ClN4OS. The second-order valence-electron chi connectivity index (χ2n) is 6.29. The summed E-state index contributed by atoms with van der Waals surface area (Å²) in [7, 11) is 0. The van der Waals surface area contributed by atoms with Gasteiger partial charge in [-0.3, -0.25) is 5.43 Å². The molecule has 3 aromatic carbocycles. The predicted molar refractivity (Wildman–Crippen MR) is 117 cm³/mol. The zero-order valence-corrected chi connectivity index (χ0v) is 16.7. The van der Waals surface area contributed by atoms with Crippen molar-refractivity contribution in [1.82, 2.24) is 9.83 Å². The van der Waals surface area contributed by atoms with Gasteiger partial charge in [0.1, 0.15) is 10.4 Å². The first kappa shape index (κ1) is 17.7. The molecule has 0 saturated heterocycles. The molecule has 0 amide bonds. The minimum absolute atomic E-state index is 0.587. The van der Waals surface area contributed by atoms with E-state index in [4.69, 9.17) is 21.1 Å². The van der Waals surface area contributed by atoms with Crippen LogP contribution in [0.15, 0.2) is 94.4 Å². The third-order valence-electron chi connectivity index (χ3n) is 4.35. The highest BCUT2D eigenvalue weighted by molar-refractivity contribution is 7.16. The number of halogens is 1. The van der Waals surface area contributed by atoms with Crippen LogP contribution in [0.25, 0.3) is 21.7 Å². The molecule has 2 aromatic heterocycles. The second-order valence-corrected chi connectivity index (χ2v) is 7.68. The van der Waals surface area contributed by atoms with Crippen LogP contribution in [0.4, 0.5) is 11.4 Å². The van der Waals surface area contributed by atoms with Crippen molar-refractivity contribution in [2.75, 3.05) is 5.43 Å². The monoisotopic (exact) mass is 418 g/mol. The van der Waals surface area contributed by atoms with Crippen molar-refractivity contribution in [2.45, 2.75) is 0 Å². The first-order valence-electron chi connectivity index (χ1n) is 8.97. The fraction of sp³-hybridized carbons (Fsp3) is 0. The summed E-state index contributed by atoms with van der Waals surface area (Å²) in [5, 5.41) is 4.91. The van der Waals surface area contributed by atoms with Crippen LogP contribution in [0.3, 0.4) is 0 Å². The quantitative estimate of drug-likeness (QED) is 0.382. The SMILES string of the molecule is Clc1ccccc1-c1noc2c1sc(=Nc1ccccc1)n2Nc1ccccc1. The maximum Gasteiger partial charge on any atom is 0.270 e. The van der Waals surface area contributed by atoms with Gasteiger partial charge in [-0.05, 0) is 30.3 Å². The molecule has 0 bridgehead atoms. The molecule has 2 heterocycles. The van der Waals surface area contributed by atoms with E-state index in [-0.39, 0.29) is 0 Å². The fourth-order valence-electron chi connectivity index (χ4n) is 2.98. The lowest BCUT2D eigenvalue weighted by atomic mass is 10.1. The van der Waals surface area contributed by atoms with Gasteiger partial charge in [-0.2, -0.15) is 4.68 Å². The van der Waals surface area contributed by atoms with Crippen LogP contribution in [0.1, 0.15) is 0 Å². The van der Waals surface area contributed by atoms with Crippen molar-refractivity contribution in [2.24, 2.45) is 4.99 Å². The zero-order chi connectivity index (χ0) is 19.6. The van der Waals surface area contributed by atoms with Gasteiger partial charge in [-0.1, -0.05) is 82.7 Å². The highest BCUT2D eigenvalue weighted by atomic mass is 35.5. The van der Waals surface area contributed by atoms with E-state index in [0.29, 0.717) is 16.4 Å². The number of thiazole rings is 1. The summed E-state index contributed by atoms with van der Waals surface area (Å²) >= 11 is 7.89. The third kappa shape index (κ3) is 3.44. The van der Waals surface area contributed by atoms with Gasteiger partial charge in [0.15, 0.2) is 0 Å². The molecule has 0 spiro atoms. The Morgan fingerprint density at radius 3 is 2.34 bits per heavy atom. The summed E-state index contributed by atoms with van der Waals surface area (Å²) in [4.78, 5) is 5.54. The number of benzene rings is 3. The standard InChI is InChI=1S/C22H15ClN4OS/c23-18-14-8-7-13-17(18)19-20-21(28-26-19)27(25-16-11-5-2-6-12-16)22(29-20)24-15-9-3-1-4-10-15/h1-14,25H. The molecule has 1 N–H and O–H groups in total. The molecule has 5 rings (SSSR count). The van der Waals surface area contributed by atoms with Crippen molar-refractivity contribution < 1.29 is 4.52 Å². The Labute approximate surface area is 175 Å². The van der Waals surface area contributed by atoms with E-state index in [0.717, 1.165) is 26.4 Å². The van der Waals surface area contributed by atoms with Gasteiger partial charge in [0.25, 0.3) is 5.71 Å². The molecule has 5 aromatic rings. The Kier molecular flexibility index (Phi) is 4.63. The van der Waals surface area contributed by atoms with Crippen LogP contribution < -0.4 is 10.2 Å². The number of fused-ring (bicyclic) bond motifs is 1. The number of para-hydroxylation sites is 2. The van der Waals surface area contributed by atoms with E-state index in [9.17, 15) is 0 Å². The van der Waals surface area contributed by atoms with E-state index < -0.39 is 0 Å². The molecule has 0 saturated carbocycles.